The van der Waals surface area contributed by atoms with Gasteiger partial charge < -0.3 is 15.2 Å². The smallest absolute Gasteiger partial charge is 0.122 e. The predicted molar refractivity (Wildman–Crippen MR) is 85.5 cm³/mol. The minimum Gasteiger partial charge on any atom is -0.491 e. The first-order chi connectivity index (χ1) is 10.2. The molecule has 0 radical (unpaired) electrons. The maximum atomic E-state index is 10.0. The van der Waals surface area contributed by atoms with Crippen LogP contribution in [0.1, 0.15) is 24.1 Å². The van der Waals surface area contributed by atoms with Crippen LogP contribution in [0.25, 0.3) is 0 Å². The maximum Gasteiger partial charge on any atom is 0.122 e. The lowest BCUT2D eigenvalue weighted by Crippen LogP contribution is -2.33. The Hall–Kier alpha value is -1.84. The molecule has 112 valence electrons. The standard InChI is InChI=1S/C18H23NO2/c1-14-8-6-7-11-18(14)21-13-17(20)12-19-15(2)16-9-4-3-5-10-16/h3-11,15,17,19-20H,12-13H2,1-2H3/t15-,17+/m0/s1. The molecule has 0 aliphatic rings. The van der Waals surface area contributed by atoms with Crippen molar-refractivity contribution in [1.29, 1.82) is 0 Å². The van der Waals surface area contributed by atoms with E-state index >= 15 is 0 Å². The van der Waals surface area contributed by atoms with Crippen molar-refractivity contribution in [3.05, 3.63) is 65.7 Å². The lowest BCUT2D eigenvalue weighted by Gasteiger charge is -2.18. The minimum atomic E-state index is -0.532. The highest BCUT2D eigenvalue weighted by molar-refractivity contribution is 5.31. The molecule has 2 atom stereocenters. The average molecular weight is 285 g/mol. The van der Waals surface area contributed by atoms with Gasteiger partial charge in [-0.2, -0.15) is 0 Å². The van der Waals surface area contributed by atoms with Crippen LogP contribution in [0.5, 0.6) is 5.75 Å². The van der Waals surface area contributed by atoms with Crippen LogP contribution in [-0.2, 0) is 0 Å². The molecule has 2 rings (SSSR count). The maximum absolute atomic E-state index is 10.0. The van der Waals surface area contributed by atoms with Gasteiger partial charge in [-0.25, -0.2) is 0 Å². The largest absolute Gasteiger partial charge is 0.491 e. The number of aliphatic hydroxyl groups is 1. The van der Waals surface area contributed by atoms with Crippen LogP contribution in [0.15, 0.2) is 54.6 Å². The number of benzene rings is 2. The summed E-state index contributed by atoms with van der Waals surface area (Å²) in [6, 6.07) is 18.2. The molecule has 0 amide bonds. The van der Waals surface area contributed by atoms with Gasteiger partial charge in [0.1, 0.15) is 18.5 Å². The zero-order chi connectivity index (χ0) is 15.1. The number of ether oxygens (including phenoxy) is 1. The Bertz CT molecular complexity index is 542. The van der Waals surface area contributed by atoms with Gasteiger partial charge in [0, 0.05) is 12.6 Å². The first-order valence-electron chi connectivity index (χ1n) is 7.31. The van der Waals surface area contributed by atoms with Crippen LogP contribution >= 0.6 is 0 Å². The second-order valence-corrected chi connectivity index (χ2v) is 5.27. The quantitative estimate of drug-likeness (QED) is 0.821. The molecular formula is C18H23NO2. The topological polar surface area (TPSA) is 41.5 Å². The highest BCUT2D eigenvalue weighted by Crippen LogP contribution is 2.16. The number of hydrogen-bond acceptors (Lipinski definition) is 3. The lowest BCUT2D eigenvalue weighted by molar-refractivity contribution is 0.104. The molecule has 0 fully saturated rings. The Balaban J connectivity index is 1.75. The molecule has 0 unspecified atom stereocenters. The highest BCUT2D eigenvalue weighted by atomic mass is 16.5. The van der Waals surface area contributed by atoms with E-state index < -0.39 is 6.10 Å². The van der Waals surface area contributed by atoms with E-state index in [1.54, 1.807) is 0 Å². The molecule has 2 aromatic carbocycles. The zero-order valence-electron chi connectivity index (χ0n) is 12.6. The average Bonchev–Trinajstić information content (AvgIpc) is 2.52. The lowest BCUT2D eigenvalue weighted by atomic mass is 10.1. The molecule has 0 heterocycles. The van der Waals surface area contributed by atoms with Crippen LogP contribution in [-0.4, -0.2) is 24.4 Å². The molecule has 0 spiro atoms. The number of rotatable bonds is 7. The minimum absolute atomic E-state index is 0.208. The van der Waals surface area contributed by atoms with Crippen LogP contribution in [0.2, 0.25) is 0 Å². The van der Waals surface area contributed by atoms with E-state index in [0.29, 0.717) is 13.2 Å². The number of hydrogen-bond donors (Lipinski definition) is 2. The predicted octanol–water partition coefficient (Wildman–Crippen LogP) is 3.09. The molecule has 0 aliphatic carbocycles. The Labute approximate surface area is 126 Å². The number of aryl methyl sites for hydroxylation is 1. The third-order valence-electron chi connectivity index (χ3n) is 3.48. The molecule has 0 saturated carbocycles. The van der Waals surface area contributed by atoms with Crippen molar-refractivity contribution in [2.24, 2.45) is 0 Å². The summed E-state index contributed by atoms with van der Waals surface area (Å²) in [7, 11) is 0. The Morgan fingerprint density at radius 3 is 2.43 bits per heavy atom. The summed E-state index contributed by atoms with van der Waals surface area (Å²) >= 11 is 0. The van der Waals surface area contributed by atoms with Crippen molar-refractivity contribution >= 4 is 0 Å². The molecule has 0 saturated heterocycles. The second-order valence-electron chi connectivity index (χ2n) is 5.27. The van der Waals surface area contributed by atoms with Crippen molar-refractivity contribution in [3.8, 4) is 5.75 Å². The Morgan fingerprint density at radius 2 is 1.71 bits per heavy atom. The molecule has 0 aromatic heterocycles. The van der Waals surface area contributed by atoms with Crippen molar-refractivity contribution in [2.45, 2.75) is 26.0 Å². The molecule has 3 nitrogen and oxygen atoms in total. The van der Waals surface area contributed by atoms with E-state index in [4.69, 9.17) is 4.74 Å². The molecular weight excluding hydrogens is 262 g/mol. The monoisotopic (exact) mass is 285 g/mol. The molecule has 0 aliphatic heterocycles. The summed E-state index contributed by atoms with van der Waals surface area (Å²) in [4.78, 5) is 0. The summed E-state index contributed by atoms with van der Waals surface area (Å²) in [5.74, 6) is 0.827. The fourth-order valence-electron chi connectivity index (χ4n) is 2.14. The summed E-state index contributed by atoms with van der Waals surface area (Å²) in [6.45, 7) is 4.88. The van der Waals surface area contributed by atoms with Gasteiger partial charge in [-0.3, -0.25) is 0 Å². The van der Waals surface area contributed by atoms with Gasteiger partial charge in [-0.1, -0.05) is 48.5 Å². The summed E-state index contributed by atoms with van der Waals surface area (Å²) in [5, 5.41) is 13.3. The summed E-state index contributed by atoms with van der Waals surface area (Å²) in [6.07, 6.45) is -0.532. The summed E-state index contributed by atoms with van der Waals surface area (Å²) in [5.41, 5.74) is 2.29. The zero-order valence-corrected chi connectivity index (χ0v) is 12.6. The van der Waals surface area contributed by atoms with Crippen molar-refractivity contribution < 1.29 is 9.84 Å². The Kier molecular flexibility index (Phi) is 5.78. The van der Waals surface area contributed by atoms with Crippen LogP contribution in [0, 0.1) is 6.92 Å². The van der Waals surface area contributed by atoms with Crippen LogP contribution < -0.4 is 10.1 Å². The normalized spacial score (nSPS) is 13.7. The van der Waals surface area contributed by atoms with E-state index in [9.17, 15) is 5.11 Å². The van der Waals surface area contributed by atoms with E-state index in [1.807, 2.05) is 49.4 Å². The summed E-state index contributed by atoms with van der Waals surface area (Å²) < 4.78 is 5.65. The fourth-order valence-corrected chi connectivity index (χ4v) is 2.14. The van der Waals surface area contributed by atoms with E-state index in [2.05, 4.69) is 24.4 Å². The van der Waals surface area contributed by atoms with Crippen molar-refractivity contribution in [1.82, 2.24) is 5.32 Å². The van der Waals surface area contributed by atoms with E-state index in [-0.39, 0.29) is 6.04 Å². The van der Waals surface area contributed by atoms with Gasteiger partial charge in [0.05, 0.1) is 0 Å². The highest BCUT2D eigenvalue weighted by Gasteiger charge is 2.09. The molecule has 21 heavy (non-hydrogen) atoms. The number of aliphatic hydroxyl groups excluding tert-OH is 1. The van der Waals surface area contributed by atoms with Crippen LogP contribution in [0.4, 0.5) is 0 Å². The van der Waals surface area contributed by atoms with Gasteiger partial charge >= 0.3 is 0 Å². The first-order valence-corrected chi connectivity index (χ1v) is 7.31. The molecule has 2 N–H and O–H groups in total. The van der Waals surface area contributed by atoms with Crippen molar-refractivity contribution in [2.75, 3.05) is 13.2 Å². The SMILES string of the molecule is Cc1ccccc1OC[C@H](O)CN[C@@H](C)c1ccccc1. The van der Waals surface area contributed by atoms with E-state index in [0.717, 1.165) is 11.3 Å². The molecule has 0 bridgehead atoms. The molecule has 2 aromatic rings. The third kappa shape index (κ3) is 4.88. The van der Waals surface area contributed by atoms with Gasteiger partial charge in [-0.15, -0.1) is 0 Å². The first kappa shape index (κ1) is 15.5. The van der Waals surface area contributed by atoms with Gasteiger partial charge in [0.25, 0.3) is 0 Å². The fraction of sp³-hybridized carbons (Fsp3) is 0.333. The van der Waals surface area contributed by atoms with Crippen molar-refractivity contribution in [3.63, 3.8) is 0 Å². The molecule has 3 heteroatoms. The van der Waals surface area contributed by atoms with Gasteiger partial charge in [0.15, 0.2) is 0 Å². The second kappa shape index (κ2) is 7.81. The Morgan fingerprint density at radius 1 is 1.05 bits per heavy atom. The van der Waals surface area contributed by atoms with Gasteiger partial charge in [0.2, 0.25) is 0 Å². The number of nitrogens with one attached hydrogen (secondary N) is 1. The van der Waals surface area contributed by atoms with Gasteiger partial charge in [-0.05, 0) is 31.0 Å². The van der Waals surface area contributed by atoms with E-state index in [1.165, 1.54) is 5.56 Å². The number of para-hydroxylation sites is 1. The third-order valence-corrected chi connectivity index (χ3v) is 3.48. The van der Waals surface area contributed by atoms with Crippen LogP contribution in [0.3, 0.4) is 0 Å².